The number of fused-ring (bicyclic) bond motifs is 1. The second-order valence-corrected chi connectivity index (χ2v) is 2.67. The van der Waals surface area contributed by atoms with Gasteiger partial charge in [-0.15, -0.1) is 0 Å². The van der Waals surface area contributed by atoms with Gasteiger partial charge in [0.15, 0.2) is 0 Å². The fourth-order valence-electron chi connectivity index (χ4n) is 1.12. The van der Waals surface area contributed by atoms with Gasteiger partial charge in [0.05, 0.1) is 0 Å². The molecule has 2 rings (SSSR count). The van der Waals surface area contributed by atoms with Crippen LogP contribution in [0.25, 0.3) is 0 Å². The summed E-state index contributed by atoms with van der Waals surface area (Å²) in [6.07, 6.45) is 5.12. The van der Waals surface area contributed by atoms with E-state index in [1.807, 2.05) is 0 Å². The van der Waals surface area contributed by atoms with E-state index in [2.05, 4.69) is 13.0 Å². The molecule has 0 amide bonds. The second-order valence-electron chi connectivity index (χ2n) is 2.67. The van der Waals surface area contributed by atoms with Crippen molar-refractivity contribution in [3.63, 3.8) is 0 Å². The molecular formula is C6H8. The van der Waals surface area contributed by atoms with Crippen molar-refractivity contribution in [1.82, 2.24) is 0 Å². The SMILES string of the molecule is CC12CC=C1C2. The zero-order chi connectivity index (χ0) is 4.20. The Bertz CT molecular complexity index is 118. The fourth-order valence-corrected chi connectivity index (χ4v) is 1.12. The summed E-state index contributed by atoms with van der Waals surface area (Å²) in [6.45, 7) is 2.34. The Labute approximate surface area is 37.9 Å². The molecule has 0 saturated heterocycles. The van der Waals surface area contributed by atoms with Crippen molar-refractivity contribution in [3.8, 4) is 0 Å². The normalized spacial score (nSPS) is 49.2. The van der Waals surface area contributed by atoms with Crippen LogP contribution >= 0.6 is 0 Å². The van der Waals surface area contributed by atoms with E-state index in [1.165, 1.54) is 12.8 Å². The van der Waals surface area contributed by atoms with Crippen LogP contribution in [0.1, 0.15) is 19.8 Å². The van der Waals surface area contributed by atoms with Crippen molar-refractivity contribution in [2.45, 2.75) is 19.8 Å². The lowest BCUT2D eigenvalue weighted by atomic mass is 9.96. The van der Waals surface area contributed by atoms with Crippen LogP contribution < -0.4 is 0 Å². The summed E-state index contributed by atoms with van der Waals surface area (Å²) in [5.41, 5.74) is 2.46. The highest BCUT2D eigenvalue weighted by atomic mass is 14.5. The van der Waals surface area contributed by atoms with Gasteiger partial charge in [-0.1, -0.05) is 18.6 Å². The molecule has 0 radical (unpaired) electrons. The van der Waals surface area contributed by atoms with Gasteiger partial charge < -0.3 is 0 Å². The average molecular weight is 80.1 g/mol. The number of hydrogen-bond donors (Lipinski definition) is 0. The Morgan fingerprint density at radius 3 is 2.50 bits per heavy atom. The molecule has 0 aromatic heterocycles. The highest BCUT2D eigenvalue weighted by molar-refractivity contribution is 5.40. The lowest BCUT2D eigenvalue weighted by Gasteiger charge is -2.08. The molecular weight excluding hydrogens is 72.1 g/mol. The Morgan fingerprint density at radius 1 is 1.83 bits per heavy atom. The first kappa shape index (κ1) is 2.84. The Kier molecular flexibility index (Phi) is 0.228. The summed E-state index contributed by atoms with van der Waals surface area (Å²) in [5, 5.41) is 0. The summed E-state index contributed by atoms with van der Waals surface area (Å²) in [5.74, 6) is 0. The summed E-state index contributed by atoms with van der Waals surface area (Å²) >= 11 is 0. The molecule has 1 atom stereocenters. The molecule has 1 saturated carbocycles. The number of hydrogen-bond acceptors (Lipinski definition) is 0. The molecule has 0 spiro atoms. The van der Waals surface area contributed by atoms with Crippen molar-refractivity contribution in [1.29, 1.82) is 0 Å². The van der Waals surface area contributed by atoms with Crippen LogP contribution in [-0.2, 0) is 0 Å². The molecule has 1 fully saturated rings. The third kappa shape index (κ3) is 0.129. The predicted molar refractivity (Wildman–Crippen MR) is 25.4 cm³/mol. The van der Waals surface area contributed by atoms with Gasteiger partial charge in [0.1, 0.15) is 0 Å². The van der Waals surface area contributed by atoms with Gasteiger partial charge >= 0.3 is 0 Å². The van der Waals surface area contributed by atoms with Crippen LogP contribution in [0.2, 0.25) is 0 Å². The van der Waals surface area contributed by atoms with Gasteiger partial charge in [-0.05, 0) is 18.3 Å². The van der Waals surface area contributed by atoms with E-state index in [-0.39, 0.29) is 0 Å². The van der Waals surface area contributed by atoms with Gasteiger partial charge in [-0.2, -0.15) is 0 Å². The van der Waals surface area contributed by atoms with Gasteiger partial charge in [-0.3, -0.25) is 0 Å². The van der Waals surface area contributed by atoms with Crippen LogP contribution in [0, 0.1) is 5.41 Å². The molecule has 1 unspecified atom stereocenters. The molecule has 2 aliphatic rings. The lowest BCUT2D eigenvalue weighted by molar-refractivity contribution is 0.581. The third-order valence-electron chi connectivity index (χ3n) is 2.03. The summed E-state index contributed by atoms with van der Waals surface area (Å²) in [7, 11) is 0. The van der Waals surface area contributed by atoms with Crippen molar-refractivity contribution in [2.75, 3.05) is 0 Å². The standard InChI is InChI=1S/C6H8/c1-6-3-2-5(6)4-6/h2H,3-4H2,1H3. The van der Waals surface area contributed by atoms with Crippen LogP contribution in [0.5, 0.6) is 0 Å². The van der Waals surface area contributed by atoms with Gasteiger partial charge in [-0.25, -0.2) is 0 Å². The first-order valence-corrected chi connectivity index (χ1v) is 2.51. The first-order valence-electron chi connectivity index (χ1n) is 2.51. The van der Waals surface area contributed by atoms with Crippen LogP contribution in [-0.4, -0.2) is 0 Å². The number of rotatable bonds is 0. The topological polar surface area (TPSA) is 0 Å². The number of allylic oxidation sites excluding steroid dienone is 2. The molecule has 0 N–H and O–H groups in total. The molecule has 0 aromatic rings. The van der Waals surface area contributed by atoms with E-state index in [9.17, 15) is 0 Å². The van der Waals surface area contributed by atoms with Crippen molar-refractivity contribution in [3.05, 3.63) is 11.6 Å². The molecule has 32 valence electrons. The predicted octanol–water partition coefficient (Wildman–Crippen LogP) is 1.73. The Hall–Kier alpha value is -0.260. The minimum Gasteiger partial charge on any atom is -0.0839 e. The summed E-state index contributed by atoms with van der Waals surface area (Å²) in [6, 6.07) is 0. The molecule has 0 bridgehead atoms. The molecule has 0 heteroatoms. The Balaban J connectivity index is 2.49. The zero-order valence-electron chi connectivity index (χ0n) is 3.99. The third-order valence-corrected chi connectivity index (χ3v) is 2.03. The quantitative estimate of drug-likeness (QED) is 0.389. The van der Waals surface area contributed by atoms with E-state index in [4.69, 9.17) is 0 Å². The van der Waals surface area contributed by atoms with Crippen LogP contribution in [0.4, 0.5) is 0 Å². The highest BCUT2D eigenvalue weighted by Gasteiger charge is 2.48. The van der Waals surface area contributed by atoms with E-state index in [0.29, 0.717) is 0 Å². The maximum atomic E-state index is 2.35. The van der Waals surface area contributed by atoms with E-state index >= 15 is 0 Å². The largest absolute Gasteiger partial charge is 0.0839 e. The monoisotopic (exact) mass is 80.1 g/mol. The highest BCUT2D eigenvalue weighted by Crippen LogP contribution is 2.62. The smallest absolute Gasteiger partial charge is 0.00442 e. The van der Waals surface area contributed by atoms with Crippen molar-refractivity contribution in [2.24, 2.45) is 5.41 Å². The molecule has 0 aliphatic heterocycles. The fraction of sp³-hybridized carbons (Fsp3) is 0.667. The summed E-state index contributed by atoms with van der Waals surface area (Å²) in [4.78, 5) is 0. The van der Waals surface area contributed by atoms with Crippen LogP contribution in [0.3, 0.4) is 0 Å². The van der Waals surface area contributed by atoms with E-state index < -0.39 is 0 Å². The van der Waals surface area contributed by atoms with E-state index in [0.717, 1.165) is 5.41 Å². The maximum absolute atomic E-state index is 2.35. The average Bonchev–Trinajstić information content (AvgIpc) is 1.88. The Morgan fingerprint density at radius 2 is 2.50 bits per heavy atom. The van der Waals surface area contributed by atoms with Gasteiger partial charge in [0, 0.05) is 0 Å². The molecule has 0 heterocycles. The second kappa shape index (κ2) is 0.481. The zero-order valence-corrected chi connectivity index (χ0v) is 3.99. The maximum Gasteiger partial charge on any atom is -0.00442 e. The van der Waals surface area contributed by atoms with Crippen LogP contribution in [0.15, 0.2) is 11.6 Å². The molecule has 0 nitrogen and oxygen atoms in total. The minimum absolute atomic E-state index is 0.750. The lowest BCUT2D eigenvalue weighted by Crippen LogP contribution is -1.96. The first-order chi connectivity index (χ1) is 2.81. The van der Waals surface area contributed by atoms with Gasteiger partial charge in [0.2, 0.25) is 0 Å². The van der Waals surface area contributed by atoms with Crippen molar-refractivity contribution >= 4 is 0 Å². The van der Waals surface area contributed by atoms with Gasteiger partial charge in [0.25, 0.3) is 0 Å². The summed E-state index contributed by atoms with van der Waals surface area (Å²) < 4.78 is 0. The molecule has 0 aromatic carbocycles. The minimum atomic E-state index is 0.750. The molecule has 2 aliphatic carbocycles. The molecule has 6 heavy (non-hydrogen) atoms. The van der Waals surface area contributed by atoms with Crippen molar-refractivity contribution < 1.29 is 0 Å². The van der Waals surface area contributed by atoms with E-state index in [1.54, 1.807) is 5.57 Å².